The zero-order chi connectivity index (χ0) is 23.5. The van der Waals surface area contributed by atoms with E-state index in [1.165, 1.54) is 0 Å². The van der Waals surface area contributed by atoms with Crippen molar-refractivity contribution in [1.82, 2.24) is 9.55 Å². The number of hydrogen-bond donors (Lipinski definition) is 0. The fourth-order valence-corrected chi connectivity index (χ4v) is 4.87. The number of carbonyl (C=O) groups excluding carboxylic acids is 1. The molecule has 1 amide bonds. The molecule has 0 spiro atoms. The van der Waals surface area contributed by atoms with Gasteiger partial charge in [0, 0.05) is 36.1 Å². The Balaban J connectivity index is 1.30. The van der Waals surface area contributed by atoms with Crippen LogP contribution in [0, 0.1) is 6.92 Å². The Morgan fingerprint density at radius 2 is 1.85 bits per heavy atom. The van der Waals surface area contributed by atoms with E-state index in [0.29, 0.717) is 24.6 Å². The van der Waals surface area contributed by atoms with Crippen molar-refractivity contribution < 1.29 is 9.53 Å². The van der Waals surface area contributed by atoms with E-state index in [9.17, 15) is 4.79 Å². The second-order valence-corrected chi connectivity index (χ2v) is 9.25. The highest BCUT2D eigenvalue weighted by molar-refractivity contribution is 6.30. The number of unbranched alkanes of at least 4 members (excludes halogenated alkanes) is 1. The van der Waals surface area contributed by atoms with Crippen molar-refractivity contribution in [3.05, 3.63) is 89.2 Å². The van der Waals surface area contributed by atoms with Gasteiger partial charge in [0.2, 0.25) is 5.91 Å². The summed E-state index contributed by atoms with van der Waals surface area (Å²) < 4.78 is 8.27. The maximum absolute atomic E-state index is 12.9. The van der Waals surface area contributed by atoms with E-state index in [0.717, 1.165) is 53.2 Å². The van der Waals surface area contributed by atoms with Crippen LogP contribution in [0.25, 0.3) is 11.0 Å². The summed E-state index contributed by atoms with van der Waals surface area (Å²) in [5, 5.41) is 0.633. The molecule has 1 atom stereocenters. The summed E-state index contributed by atoms with van der Waals surface area (Å²) in [6, 6.07) is 23.8. The van der Waals surface area contributed by atoms with E-state index in [2.05, 4.69) is 23.6 Å². The topological polar surface area (TPSA) is 47.4 Å². The van der Waals surface area contributed by atoms with Crippen LogP contribution in [0.15, 0.2) is 72.8 Å². The van der Waals surface area contributed by atoms with Crippen LogP contribution in [0.3, 0.4) is 0 Å². The van der Waals surface area contributed by atoms with Gasteiger partial charge in [-0.1, -0.05) is 48.0 Å². The standard InChI is InChI=1S/C28H28ClN3O2/c1-20-9-2-5-14-26(20)34-16-7-6-15-31-25-13-4-3-12-24(25)30-28(31)21-17-27(33)32(19-21)23-11-8-10-22(29)18-23/h2-5,8-14,18,21H,6-7,15-17,19H2,1H3/t21-/m0/s1. The summed E-state index contributed by atoms with van der Waals surface area (Å²) in [6.07, 6.45) is 2.36. The highest BCUT2D eigenvalue weighted by atomic mass is 35.5. The Hall–Kier alpha value is -3.31. The number of nitrogens with zero attached hydrogens (tertiary/aromatic N) is 3. The molecule has 5 rings (SSSR count). The molecule has 0 aliphatic carbocycles. The molecule has 0 unspecified atom stereocenters. The first kappa shape index (κ1) is 22.5. The number of carbonyl (C=O) groups is 1. The lowest BCUT2D eigenvalue weighted by Gasteiger charge is -2.18. The predicted octanol–water partition coefficient (Wildman–Crippen LogP) is 6.38. The largest absolute Gasteiger partial charge is 0.493 e. The maximum Gasteiger partial charge on any atom is 0.227 e. The van der Waals surface area contributed by atoms with Crippen molar-refractivity contribution in [1.29, 1.82) is 0 Å². The first-order valence-corrected chi connectivity index (χ1v) is 12.2. The van der Waals surface area contributed by atoms with Gasteiger partial charge in [-0.3, -0.25) is 4.79 Å². The number of imidazole rings is 1. The number of para-hydroxylation sites is 3. The molecule has 4 aromatic rings. The van der Waals surface area contributed by atoms with Gasteiger partial charge in [0.25, 0.3) is 0 Å². The molecule has 34 heavy (non-hydrogen) atoms. The monoisotopic (exact) mass is 473 g/mol. The second kappa shape index (κ2) is 9.90. The highest BCUT2D eigenvalue weighted by Gasteiger charge is 2.34. The number of anilines is 1. The maximum atomic E-state index is 12.9. The first-order valence-electron chi connectivity index (χ1n) is 11.8. The smallest absolute Gasteiger partial charge is 0.227 e. The van der Waals surface area contributed by atoms with Gasteiger partial charge in [-0.2, -0.15) is 0 Å². The van der Waals surface area contributed by atoms with Gasteiger partial charge in [0.1, 0.15) is 11.6 Å². The average Bonchev–Trinajstić information content (AvgIpc) is 3.40. The summed E-state index contributed by atoms with van der Waals surface area (Å²) >= 11 is 6.17. The minimum atomic E-state index is 0.0436. The first-order chi connectivity index (χ1) is 16.6. The number of halogens is 1. The summed E-state index contributed by atoms with van der Waals surface area (Å²) in [5.74, 6) is 2.08. The highest BCUT2D eigenvalue weighted by Crippen LogP contribution is 2.34. The third-order valence-corrected chi connectivity index (χ3v) is 6.66. The number of fused-ring (bicyclic) bond motifs is 1. The molecule has 1 aliphatic rings. The summed E-state index contributed by atoms with van der Waals surface area (Å²) in [7, 11) is 0. The van der Waals surface area contributed by atoms with E-state index in [1.54, 1.807) is 0 Å². The number of ether oxygens (including phenoxy) is 1. The molecule has 1 saturated heterocycles. The Morgan fingerprint density at radius 1 is 1.03 bits per heavy atom. The molecule has 1 aliphatic heterocycles. The SMILES string of the molecule is Cc1ccccc1OCCCCn1c([C@H]2CC(=O)N(c3cccc(Cl)c3)C2)nc2ccccc21. The zero-order valence-corrected chi connectivity index (χ0v) is 20.0. The minimum Gasteiger partial charge on any atom is -0.493 e. The number of aryl methyl sites for hydroxylation is 2. The second-order valence-electron chi connectivity index (χ2n) is 8.82. The van der Waals surface area contributed by atoms with Crippen molar-refractivity contribution in [2.75, 3.05) is 18.1 Å². The van der Waals surface area contributed by atoms with Crippen molar-refractivity contribution in [2.45, 2.75) is 38.6 Å². The molecule has 6 heteroatoms. The van der Waals surface area contributed by atoms with Crippen LogP contribution < -0.4 is 9.64 Å². The molecule has 1 aromatic heterocycles. The van der Waals surface area contributed by atoms with Gasteiger partial charge < -0.3 is 14.2 Å². The van der Waals surface area contributed by atoms with Gasteiger partial charge in [0.15, 0.2) is 0 Å². The Labute approximate surface area is 204 Å². The number of rotatable bonds is 8. The van der Waals surface area contributed by atoms with E-state index in [-0.39, 0.29) is 11.8 Å². The molecule has 174 valence electrons. The van der Waals surface area contributed by atoms with Gasteiger partial charge in [-0.25, -0.2) is 4.98 Å². The molecule has 0 bridgehead atoms. The lowest BCUT2D eigenvalue weighted by molar-refractivity contribution is -0.117. The molecule has 1 fully saturated rings. The van der Waals surface area contributed by atoms with Crippen LogP contribution in [0.1, 0.15) is 36.6 Å². The molecule has 0 N–H and O–H groups in total. The Morgan fingerprint density at radius 3 is 2.71 bits per heavy atom. The molecule has 2 heterocycles. The third-order valence-electron chi connectivity index (χ3n) is 6.42. The molecule has 0 radical (unpaired) electrons. The quantitative estimate of drug-likeness (QED) is 0.279. The van der Waals surface area contributed by atoms with Gasteiger partial charge >= 0.3 is 0 Å². The molecule has 0 saturated carbocycles. The fourth-order valence-electron chi connectivity index (χ4n) is 4.69. The van der Waals surface area contributed by atoms with Gasteiger partial charge in [-0.15, -0.1) is 0 Å². The summed E-state index contributed by atoms with van der Waals surface area (Å²) in [5.41, 5.74) is 4.09. The van der Waals surface area contributed by atoms with Crippen molar-refractivity contribution in [3.8, 4) is 5.75 Å². The molecule has 5 nitrogen and oxygen atoms in total. The third kappa shape index (κ3) is 4.66. The lowest BCUT2D eigenvalue weighted by Crippen LogP contribution is -2.24. The minimum absolute atomic E-state index is 0.0436. The van der Waals surface area contributed by atoms with Gasteiger partial charge in [-0.05, 0) is 61.7 Å². The van der Waals surface area contributed by atoms with Crippen LogP contribution in [-0.2, 0) is 11.3 Å². The molecular formula is C28H28ClN3O2. The number of benzene rings is 3. The van der Waals surface area contributed by atoms with E-state index in [4.69, 9.17) is 21.3 Å². The molecule has 3 aromatic carbocycles. The zero-order valence-electron chi connectivity index (χ0n) is 19.3. The normalized spacial score (nSPS) is 15.9. The predicted molar refractivity (Wildman–Crippen MR) is 137 cm³/mol. The van der Waals surface area contributed by atoms with Gasteiger partial charge in [0.05, 0.1) is 17.6 Å². The fraction of sp³-hybridized carbons (Fsp3) is 0.286. The number of amides is 1. The number of hydrogen-bond acceptors (Lipinski definition) is 3. The van der Waals surface area contributed by atoms with E-state index >= 15 is 0 Å². The summed E-state index contributed by atoms with van der Waals surface area (Å²) in [6.45, 7) is 4.19. The van der Waals surface area contributed by atoms with Crippen LogP contribution in [-0.4, -0.2) is 28.6 Å². The van der Waals surface area contributed by atoms with Crippen molar-refractivity contribution >= 4 is 34.2 Å². The Kier molecular flexibility index (Phi) is 6.54. The van der Waals surface area contributed by atoms with Crippen molar-refractivity contribution in [3.63, 3.8) is 0 Å². The van der Waals surface area contributed by atoms with Crippen LogP contribution in [0.2, 0.25) is 5.02 Å². The van der Waals surface area contributed by atoms with Crippen LogP contribution in [0.5, 0.6) is 5.75 Å². The van der Waals surface area contributed by atoms with E-state index < -0.39 is 0 Å². The average molecular weight is 474 g/mol. The Bertz CT molecular complexity index is 1320. The van der Waals surface area contributed by atoms with Crippen LogP contribution in [0.4, 0.5) is 5.69 Å². The lowest BCUT2D eigenvalue weighted by atomic mass is 10.1. The van der Waals surface area contributed by atoms with Crippen molar-refractivity contribution in [2.24, 2.45) is 0 Å². The number of aromatic nitrogens is 2. The van der Waals surface area contributed by atoms with E-state index in [1.807, 2.05) is 65.6 Å². The molecular weight excluding hydrogens is 446 g/mol. The summed E-state index contributed by atoms with van der Waals surface area (Å²) in [4.78, 5) is 19.7. The van der Waals surface area contributed by atoms with Crippen LogP contribution >= 0.6 is 11.6 Å².